The van der Waals surface area contributed by atoms with Crippen LogP contribution in [-0.2, 0) is 23.7 Å². The summed E-state index contributed by atoms with van der Waals surface area (Å²) in [5.41, 5.74) is 1.21. The maximum atomic E-state index is 12.2. The number of hydrogen-bond donors (Lipinski definition) is 8. The predicted octanol–water partition coefficient (Wildman–Crippen LogP) is 2.88. The van der Waals surface area contributed by atoms with Gasteiger partial charge in [0.25, 0.3) is 0 Å². The van der Waals surface area contributed by atoms with Crippen LogP contribution in [0.1, 0.15) is 113 Å². The van der Waals surface area contributed by atoms with E-state index in [9.17, 15) is 45.6 Å². The van der Waals surface area contributed by atoms with Gasteiger partial charge in [0.1, 0.15) is 42.7 Å². The third-order valence-electron chi connectivity index (χ3n) is 17.4. The van der Waals surface area contributed by atoms with Crippen molar-refractivity contribution in [3.63, 3.8) is 0 Å². The van der Waals surface area contributed by atoms with Crippen molar-refractivity contribution in [3.8, 4) is 0 Å². The number of carboxylic acid groups (broad SMARTS) is 1. The molecule has 2 heterocycles. The standard InChI is InChI=1S/C42H68O13/c1-37(2)17-21-20-9-10-24-40(6)13-12-26(38(3,4)23(40)11-14-42(24,8)41(20,7)16-15-39(21,5)18-25(37)44)53-36-33(30(48)29(47)32(54-36)34(50)51)55-35-31(49)28(46)27(45)22(19-43)52-35/h9,21-33,35-36,43-49H,10-19H2,1-8H3,(H,50,51)/t21-,22-,23+,24-,25-,26+,27-,28+,29+,30+,31-,32+,33-,35+,36-,39+,40+,41-,42-/m1/s1. The number of ether oxygens (including phenoxy) is 4. The smallest absolute Gasteiger partial charge is 0.335 e. The van der Waals surface area contributed by atoms with Crippen molar-refractivity contribution in [2.24, 2.45) is 50.2 Å². The van der Waals surface area contributed by atoms with Crippen LogP contribution in [0, 0.1) is 50.2 Å². The molecule has 13 nitrogen and oxygen atoms in total. The van der Waals surface area contributed by atoms with Crippen molar-refractivity contribution in [2.45, 2.75) is 187 Å². The van der Waals surface area contributed by atoms with E-state index in [0.717, 1.165) is 51.4 Å². The molecule has 19 atom stereocenters. The van der Waals surface area contributed by atoms with E-state index >= 15 is 0 Å². The quantitative estimate of drug-likeness (QED) is 0.144. The molecular formula is C42H68O13. The van der Waals surface area contributed by atoms with Crippen molar-refractivity contribution >= 4 is 5.97 Å². The third kappa shape index (κ3) is 6.23. The summed E-state index contributed by atoms with van der Waals surface area (Å²) in [4.78, 5) is 12.2. The number of rotatable bonds is 6. The molecule has 2 saturated heterocycles. The zero-order valence-corrected chi connectivity index (χ0v) is 33.9. The monoisotopic (exact) mass is 780 g/mol. The number of allylic oxidation sites excluding steroid dienone is 2. The molecule has 6 fully saturated rings. The van der Waals surface area contributed by atoms with Gasteiger partial charge in [0.2, 0.25) is 0 Å². The average Bonchev–Trinajstić information content (AvgIpc) is 3.10. The molecule has 0 aromatic carbocycles. The summed E-state index contributed by atoms with van der Waals surface area (Å²) >= 11 is 0. The number of aliphatic carboxylic acids is 1. The predicted molar refractivity (Wildman–Crippen MR) is 198 cm³/mol. The largest absolute Gasteiger partial charge is 0.479 e. The first-order chi connectivity index (χ1) is 25.5. The molecule has 0 amide bonds. The fourth-order valence-electron chi connectivity index (χ4n) is 13.6. The van der Waals surface area contributed by atoms with Crippen LogP contribution in [0.2, 0.25) is 0 Å². The molecule has 13 heteroatoms. The second-order valence-corrected chi connectivity index (χ2v) is 20.9. The van der Waals surface area contributed by atoms with E-state index < -0.39 is 85.5 Å². The molecule has 0 aromatic rings. The molecule has 5 aliphatic carbocycles. The highest BCUT2D eigenvalue weighted by Gasteiger charge is 2.69. The Bertz CT molecular complexity index is 1500. The maximum Gasteiger partial charge on any atom is 0.335 e. The Morgan fingerprint density at radius 1 is 0.764 bits per heavy atom. The van der Waals surface area contributed by atoms with E-state index in [1.54, 1.807) is 5.57 Å². The average molecular weight is 781 g/mol. The minimum atomic E-state index is -1.92. The Balaban J connectivity index is 1.15. The van der Waals surface area contributed by atoms with E-state index in [4.69, 9.17) is 18.9 Å². The molecule has 0 unspecified atom stereocenters. The maximum absolute atomic E-state index is 12.2. The van der Waals surface area contributed by atoms with E-state index in [1.807, 2.05) is 0 Å². The Labute approximate surface area is 325 Å². The zero-order valence-electron chi connectivity index (χ0n) is 33.9. The van der Waals surface area contributed by atoms with Crippen LogP contribution in [0.15, 0.2) is 11.6 Å². The molecule has 0 bridgehead atoms. The van der Waals surface area contributed by atoms with Crippen LogP contribution in [-0.4, -0.2) is 127 Å². The topological polar surface area (TPSA) is 216 Å². The number of carboxylic acids is 1. The highest BCUT2D eigenvalue weighted by atomic mass is 16.8. The minimum Gasteiger partial charge on any atom is -0.479 e. The van der Waals surface area contributed by atoms with Crippen molar-refractivity contribution in [2.75, 3.05) is 6.61 Å². The van der Waals surface area contributed by atoms with Gasteiger partial charge in [-0.1, -0.05) is 67.0 Å². The van der Waals surface area contributed by atoms with Gasteiger partial charge >= 0.3 is 5.97 Å². The van der Waals surface area contributed by atoms with E-state index in [-0.39, 0.29) is 39.1 Å². The molecule has 0 radical (unpaired) electrons. The molecule has 7 rings (SSSR count). The lowest BCUT2D eigenvalue weighted by Gasteiger charge is -2.71. The lowest BCUT2D eigenvalue weighted by molar-refractivity contribution is -0.374. The highest BCUT2D eigenvalue weighted by Crippen LogP contribution is 2.76. The summed E-state index contributed by atoms with van der Waals surface area (Å²) in [6.45, 7) is 18.0. The molecule has 55 heavy (non-hydrogen) atoms. The summed E-state index contributed by atoms with van der Waals surface area (Å²) in [6, 6.07) is 0. The molecule has 2 aliphatic heterocycles. The Morgan fingerprint density at radius 2 is 1.45 bits per heavy atom. The second-order valence-electron chi connectivity index (χ2n) is 20.9. The first-order valence-corrected chi connectivity index (χ1v) is 20.7. The number of fused-ring (bicyclic) bond motifs is 7. The molecule has 8 N–H and O–H groups in total. The first-order valence-electron chi connectivity index (χ1n) is 20.7. The van der Waals surface area contributed by atoms with Crippen molar-refractivity contribution in [1.29, 1.82) is 0 Å². The van der Waals surface area contributed by atoms with Gasteiger partial charge in [0, 0.05) is 0 Å². The SMILES string of the molecule is CC1(C)C[C@@H]2C3=CC[C@@H]4[C@@]5(C)CC[C@H](O[C@@H]6O[C@H](C(=O)O)[C@@H](O)[C@H](O)[C@H]6O[C@@H]6O[C@H](CO)[C@@H](O)[C@H](O)[C@H]6O)C(C)(C)[C@@H]5CC[C@@]4(C)[C@]3(C)CC[C@@]2(C)C[C@H]1O. The molecule has 314 valence electrons. The van der Waals surface area contributed by atoms with Crippen molar-refractivity contribution in [3.05, 3.63) is 11.6 Å². The first kappa shape index (κ1) is 41.9. The normalized spacial score (nSPS) is 54.5. The Morgan fingerprint density at radius 3 is 2.11 bits per heavy atom. The van der Waals surface area contributed by atoms with E-state index in [1.165, 1.54) is 0 Å². The van der Waals surface area contributed by atoms with E-state index in [2.05, 4.69) is 61.5 Å². The molecule has 0 spiro atoms. The summed E-state index contributed by atoms with van der Waals surface area (Å²) in [5.74, 6) is -0.402. The van der Waals surface area contributed by atoms with Crippen LogP contribution in [0.25, 0.3) is 0 Å². The van der Waals surface area contributed by atoms with Gasteiger partial charge in [-0.3, -0.25) is 0 Å². The summed E-state index contributed by atoms with van der Waals surface area (Å²) in [5, 5.41) is 84.2. The summed E-state index contributed by atoms with van der Waals surface area (Å²) in [7, 11) is 0. The van der Waals surface area contributed by atoms with Gasteiger partial charge in [-0.2, -0.15) is 0 Å². The van der Waals surface area contributed by atoms with Crippen LogP contribution < -0.4 is 0 Å². The summed E-state index contributed by atoms with van der Waals surface area (Å²) < 4.78 is 24.0. The second kappa shape index (κ2) is 13.9. The van der Waals surface area contributed by atoms with Gasteiger partial charge in [-0.25, -0.2) is 4.79 Å². The minimum absolute atomic E-state index is 0.0386. The Kier molecular flexibility index (Phi) is 10.6. The molecule has 7 aliphatic rings. The zero-order chi connectivity index (χ0) is 40.4. The van der Waals surface area contributed by atoms with Gasteiger partial charge in [-0.05, 0) is 108 Å². The lowest BCUT2D eigenvalue weighted by atomic mass is 9.33. The van der Waals surface area contributed by atoms with Gasteiger partial charge in [0.15, 0.2) is 18.7 Å². The van der Waals surface area contributed by atoms with Gasteiger partial charge in [-0.15, -0.1) is 0 Å². The highest BCUT2D eigenvalue weighted by molar-refractivity contribution is 5.73. The number of carbonyl (C=O) groups is 1. The molecular weight excluding hydrogens is 712 g/mol. The van der Waals surface area contributed by atoms with Crippen molar-refractivity contribution < 1.29 is 64.6 Å². The van der Waals surface area contributed by atoms with Crippen LogP contribution in [0.4, 0.5) is 0 Å². The summed E-state index contributed by atoms with van der Waals surface area (Å²) in [6.07, 6.45) is -6.45. The fraction of sp³-hybridized carbons (Fsp3) is 0.929. The van der Waals surface area contributed by atoms with Crippen molar-refractivity contribution in [1.82, 2.24) is 0 Å². The van der Waals surface area contributed by atoms with E-state index in [0.29, 0.717) is 18.3 Å². The Hall–Kier alpha value is -1.23. The van der Waals surface area contributed by atoms with Crippen LogP contribution >= 0.6 is 0 Å². The van der Waals surface area contributed by atoms with Crippen LogP contribution in [0.3, 0.4) is 0 Å². The van der Waals surface area contributed by atoms with Gasteiger partial charge in [0.05, 0.1) is 18.8 Å². The lowest BCUT2D eigenvalue weighted by Crippen LogP contribution is -2.67. The van der Waals surface area contributed by atoms with Crippen LogP contribution in [0.5, 0.6) is 0 Å². The molecule has 0 aromatic heterocycles. The number of aliphatic hydroxyl groups excluding tert-OH is 7. The number of aliphatic hydroxyl groups is 7. The third-order valence-corrected chi connectivity index (χ3v) is 17.4. The molecule has 4 saturated carbocycles. The van der Waals surface area contributed by atoms with Gasteiger partial charge < -0.3 is 59.8 Å². The number of hydrogen-bond acceptors (Lipinski definition) is 12. The fourth-order valence-corrected chi connectivity index (χ4v) is 13.6.